The third-order valence-corrected chi connectivity index (χ3v) is 2.98. The lowest BCUT2D eigenvalue weighted by molar-refractivity contribution is 0.192. The number of nitrogens with two attached hydrogens (primary N) is 1. The van der Waals surface area contributed by atoms with Crippen LogP contribution in [-0.4, -0.2) is 39.5 Å². The molecule has 0 saturated carbocycles. The average Bonchev–Trinajstić information content (AvgIpc) is 3.10. The van der Waals surface area contributed by atoms with E-state index in [1.54, 1.807) is 6.33 Å². The maximum atomic E-state index is 5.48. The van der Waals surface area contributed by atoms with Gasteiger partial charge in [0.25, 0.3) is 5.89 Å². The fourth-order valence-corrected chi connectivity index (χ4v) is 1.98. The molecular weight excluding hydrogens is 234 g/mol. The molecule has 1 unspecified atom stereocenters. The number of imidazole rings is 1. The third kappa shape index (κ3) is 2.14. The smallest absolute Gasteiger partial charge is 0.278 e. The summed E-state index contributed by atoms with van der Waals surface area (Å²) in [6, 6.07) is 0. The minimum Gasteiger partial charge on any atom is -0.381 e. The van der Waals surface area contributed by atoms with Crippen molar-refractivity contribution in [2.45, 2.75) is 18.9 Å². The average molecular weight is 249 g/mol. The van der Waals surface area contributed by atoms with Crippen molar-refractivity contribution in [2.75, 3.05) is 19.8 Å². The SMILES string of the molecule is NCCn1cnc(-c2nc(C3CCOC3)no2)c1. The largest absolute Gasteiger partial charge is 0.381 e. The number of rotatable bonds is 4. The van der Waals surface area contributed by atoms with Gasteiger partial charge in [0.1, 0.15) is 5.69 Å². The van der Waals surface area contributed by atoms with Crippen LogP contribution in [0.15, 0.2) is 17.0 Å². The lowest BCUT2D eigenvalue weighted by Gasteiger charge is -1.97. The van der Waals surface area contributed by atoms with Gasteiger partial charge in [0, 0.05) is 31.8 Å². The Labute approximate surface area is 104 Å². The summed E-state index contributed by atoms with van der Waals surface area (Å²) >= 11 is 0. The van der Waals surface area contributed by atoms with Gasteiger partial charge in [0.2, 0.25) is 0 Å². The quantitative estimate of drug-likeness (QED) is 0.843. The van der Waals surface area contributed by atoms with E-state index in [1.807, 2.05) is 10.8 Å². The van der Waals surface area contributed by atoms with E-state index in [1.165, 1.54) is 0 Å². The fourth-order valence-electron chi connectivity index (χ4n) is 1.98. The predicted molar refractivity (Wildman–Crippen MR) is 62.8 cm³/mol. The van der Waals surface area contributed by atoms with Gasteiger partial charge < -0.3 is 19.6 Å². The summed E-state index contributed by atoms with van der Waals surface area (Å²) in [6.07, 6.45) is 4.51. The molecule has 1 fully saturated rings. The molecule has 0 aromatic carbocycles. The molecule has 96 valence electrons. The topological polar surface area (TPSA) is 92.0 Å². The molecule has 2 N–H and O–H groups in total. The number of aromatic nitrogens is 4. The molecule has 0 spiro atoms. The molecule has 2 aromatic rings. The molecular formula is C11H15N5O2. The van der Waals surface area contributed by atoms with E-state index in [0.29, 0.717) is 30.6 Å². The minimum absolute atomic E-state index is 0.244. The second-order valence-corrected chi connectivity index (χ2v) is 4.30. The van der Waals surface area contributed by atoms with E-state index < -0.39 is 0 Å². The van der Waals surface area contributed by atoms with Gasteiger partial charge in [-0.1, -0.05) is 5.16 Å². The van der Waals surface area contributed by atoms with Crippen molar-refractivity contribution in [3.8, 4) is 11.6 Å². The van der Waals surface area contributed by atoms with Gasteiger partial charge in [-0.2, -0.15) is 4.98 Å². The highest BCUT2D eigenvalue weighted by molar-refractivity contribution is 5.44. The van der Waals surface area contributed by atoms with Gasteiger partial charge in [-0.25, -0.2) is 4.98 Å². The zero-order chi connectivity index (χ0) is 12.4. The standard InChI is InChI=1S/C11H15N5O2/c12-2-3-16-5-9(13-7-16)11-14-10(15-18-11)8-1-4-17-6-8/h5,7-8H,1-4,6,12H2. The van der Waals surface area contributed by atoms with Crippen molar-refractivity contribution in [1.82, 2.24) is 19.7 Å². The summed E-state index contributed by atoms with van der Waals surface area (Å²) in [6.45, 7) is 2.73. The van der Waals surface area contributed by atoms with E-state index in [2.05, 4.69) is 15.1 Å². The van der Waals surface area contributed by atoms with Gasteiger partial charge in [-0.05, 0) is 6.42 Å². The zero-order valence-corrected chi connectivity index (χ0v) is 9.95. The van der Waals surface area contributed by atoms with E-state index in [9.17, 15) is 0 Å². The Bertz CT molecular complexity index is 515. The summed E-state index contributed by atoms with van der Waals surface area (Å²) in [5, 5.41) is 3.99. The highest BCUT2D eigenvalue weighted by Crippen LogP contribution is 2.24. The maximum absolute atomic E-state index is 5.48. The second kappa shape index (κ2) is 4.87. The van der Waals surface area contributed by atoms with Crippen LogP contribution in [0.5, 0.6) is 0 Å². The molecule has 7 nitrogen and oxygen atoms in total. The summed E-state index contributed by atoms with van der Waals surface area (Å²) < 4.78 is 12.4. The van der Waals surface area contributed by atoms with Crippen molar-refractivity contribution in [3.05, 3.63) is 18.3 Å². The van der Waals surface area contributed by atoms with Crippen LogP contribution in [0.2, 0.25) is 0 Å². The zero-order valence-electron chi connectivity index (χ0n) is 9.95. The van der Waals surface area contributed by atoms with Crippen molar-refractivity contribution in [3.63, 3.8) is 0 Å². The molecule has 1 saturated heterocycles. The molecule has 0 radical (unpaired) electrons. The molecule has 0 aliphatic carbocycles. The monoisotopic (exact) mass is 249 g/mol. The molecule has 2 aromatic heterocycles. The summed E-state index contributed by atoms with van der Waals surface area (Å²) in [7, 11) is 0. The van der Waals surface area contributed by atoms with Crippen molar-refractivity contribution in [1.29, 1.82) is 0 Å². The normalized spacial score (nSPS) is 19.5. The van der Waals surface area contributed by atoms with Crippen molar-refractivity contribution < 1.29 is 9.26 Å². The Balaban J connectivity index is 1.78. The van der Waals surface area contributed by atoms with Crippen molar-refractivity contribution >= 4 is 0 Å². The Hall–Kier alpha value is -1.73. The summed E-state index contributed by atoms with van der Waals surface area (Å²) in [4.78, 5) is 8.60. The predicted octanol–water partition coefficient (Wildman–Crippen LogP) is 0.396. The number of nitrogens with zero attached hydrogens (tertiary/aromatic N) is 4. The molecule has 1 atom stereocenters. The highest BCUT2D eigenvalue weighted by Gasteiger charge is 2.23. The molecule has 1 aliphatic heterocycles. The van der Waals surface area contributed by atoms with Gasteiger partial charge >= 0.3 is 0 Å². The Morgan fingerprint density at radius 2 is 2.44 bits per heavy atom. The van der Waals surface area contributed by atoms with Gasteiger partial charge in [-0.15, -0.1) is 0 Å². The molecule has 0 bridgehead atoms. The summed E-state index contributed by atoms with van der Waals surface area (Å²) in [5.41, 5.74) is 6.16. The van der Waals surface area contributed by atoms with Crippen LogP contribution in [0, 0.1) is 0 Å². The first kappa shape index (κ1) is 11.4. The second-order valence-electron chi connectivity index (χ2n) is 4.30. The number of hydrogen-bond acceptors (Lipinski definition) is 6. The fraction of sp³-hybridized carbons (Fsp3) is 0.545. The van der Waals surface area contributed by atoms with Crippen LogP contribution >= 0.6 is 0 Å². The first-order chi connectivity index (χ1) is 8.86. The summed E-state index contributed by atoms with van der Waals surface area (Å²) in [5.74, 6) is 1.40. The maximum Gasteiger partial charge on any atom is 0.278 e. The van der Waals surface area contributed by atoms with Gasteiger partial charge in [0.05, 0.1) is 12.9 Å². The van der Waals surface area contributed by atoms with E-state index in [4.69, 9.17) is 15.0 Å². The van der Waals surface area contributed by atoms with Crippen LogP contribution in [0.25, 0.3) is 11.6 Å². The van der Waals surface area contributed by atoms with E-state index in [-0.39, 0.29) is 5.92 Å². The van der Waals surface area contributed by atoms with Crippen LogP contribution in [-0.2, 0) is 11.3 Å². The van der Waals surface area contributed by atoms with Gasteiger partial charge in [-0.3, -0.25) is 0 Å². The molecule has 3 heterocycles. The number of ether oxygens (including phenoxy) is 1. The molecule has 7 heteroatoms. The Morgan fingerprint density at radius 3 is 3.22 bits per heavy atom. The molecule has 1 aliphatic rings. The van der Waals surface area contributed by atoms with Crippen LogP contribution in [0.1, 0.15) is 18.2 Å². The first-order valence-corrected chi connectivity index (χ1v) is 6.00. The third-order valence-electron chi connectivity index (χ3n) is 2.98. The lowest BCUT2D eigenvalue weighted by atomic mass is 10.1. The van der Waals surface area contributed by atoms with Crippen LogP contribution in [0.3, 0.4) is 0 Å². The molecule has 0 amide bonds. The lowest BCUT2D eigenvalue weighted by Crippen LogP contribution is -2.07. The molecule has 3 rings (SSSR count). The minimum atomic E-state index is 0.244. The highest BCUT2D eigenvalue weighted by atomic mass is 16.5. The van der Waals surface area contributed by atoms with Crippen LogP contribution in [0.4, 0.5) is 0 Å². The first-order valence-electron chi connectivity index (χ1n) is 6.00. The Kier molecular flexibility index (Phi) is 3.07. The van der Waals surface area contributed by atoms with Crippen molar-refractivity contribution in [2.24, 2.45) is 5.73 Å². The van der Waals surface area contributed by atoms with Crippen LogP contribution < -0.4 is 5.73 Å². The van der Waals surface area contributed by atoms with Gasteiger partial charge in [0.15, 0.2) is 5.82 Å². The van der Waals surface area contributed by atoms with E-state index >= 15 is 0 Å². The Morgan fingerprint density at radius 1 is 1.50 bits per heavy atom. The van der Waals surface area contributed by atoms with E-state index in [0.717, 1.165) is 19.6 Å². The molecule has 18 heavy (non-hydrogen) atoms. The number of hydrogen-bond donors (Lipinski definition) is 1.